The summed E-state index contributed by atoms with van der Waals surface area (Å²) in [6.07, 6.45) is 3.62. The molecule has 1 aromatic heterocycles. The Balaban J connectivity index is 2.01. The monoisotopic (exact) mass is 302 g/mol. The van der Waals surface area contributed by atoms with Gasteiger partial charge >= 0.3 is 5.97 Å². The molecule has 1 aliphatic heterocycles. The first-order valence-corrected chi connectivity index (χ1v) is 6.73. The lowest BCUT2D eigenvalue weighted by molar-refractivity contribution is 0.0696. The molecule has 2 aromatic rings. The van der Waals surface area contributed by atoms with Gasteiger partial charge in [0.2, 0.25) is 0 Å². The van der Waals surface area contributed by atoms with E-state index in [9.17, 15) is 9.59 Å². The number of pyridine rings is 1. The molecule has 1 aliphatic rings. The zero-order valence-corrected chi connectivity index (χ0v) is 11.7. The van der Waals surface area contributed by atoms with E-state index in [2.05, 4.69) is 4.98 Å². The van der Waals surface area contributed by atoms with E-state index >= 15 is 0 Å². The van der Waals surface area contributed by atoms with E-state index in [4.69, 9.17) is 16.7 Å². The maximum absolute atomic E-state index is 12.6. The Kier molecular flexibility index (Phi) is 3.35. The van der Waals surface area contributed by atoms with Crippen molar-refractivity contribution in [1.82, 2.24) is 4.98 Å². The minimum absolute atomic E-state index is 0.161. The lowest BCUT2D eigenvalue weighted by Gasteiger charge is -2.18. The van der Waals surface area contributed by atoms with Crippen molar-refractivity contribution < 1.29 is 14.7 Å². The number of hydrogen-bond acceptors (Lipinski definition) is 3. The molecule has 0 saturated heterocycles. The van der Waals surface area contributed by atoms with Gasteiger partial charge in [0.1, 0.15) is 0 Å². The van der Waals surface area contributed by atoms with E-state index in [0.717, 1.165) is 5.56 Å². The predicted molar refractivity (Wildman–Crippen MR) is 78.0 cm³/mol. The molecule has 6 heteroatoms. The number of hydrogen-bond donors (Lipinski definition) is 1. The number of aromatic carboxylic acids is 1. The minimum Gasteiger partial charge on any atom is -0.478 e. The highest BCUT2D eigenvalue weighted by molar-refractivity contribution is 6.34. The van der Waals surface area contributed by atoms with Crippen molar-refractivity contribution in [3.63, 3.8) is 0 Å². The van der Waals surface area contributed by atoms with Gasteiger partial charge in [-0.05, 0) is 30.2 Å². The number of aromatic nitrogens is 1. The molecule has 0 radical (unpaired) electrons. The normalized spacial score (nSPS) is 13.1. The van der Waals surface area contributed by atoms with E-state index in [-0.39, 0.29) is 16.5 Å². The van der Waals surface area contributed by atoms with Crippen molar-refractivity contribution in [3.8, 4) is 0 Å². The molecule has 0 bridgehead atoms. The molecule has 5 nitrogen and oxygen atoms in total. The molecule has 0 saturated carbocycles. The second kappa shape index (κ2) is 5.18. The van der Waals surface area contributed by atoms with Gasteiger partial charge in [-0.15, -0.1) is 0 Å². The van der Waals surface area contributed by atoms with Gasteiger partial charge < -0.3 is 10.0 Å². The Hall–Kier alpha value is -2.40. The van der Waals surface area contributed by atoms with Crippen LogP contribution >= 0.6 is 11.6 Å². The van der Waals surface area contributed by atoms with Crippen molar-refractivity contribution in [3.05, 3.63) is 58.4 Å². The van der Waals surface area contributed by atoms with Gasteiger partial charge in [-0.25, -0.2) is 4.79 Å². The Bertz CT molecular complexity index is 745. The number of carbonyl (C=O) groups is 2. The van der Waals surface area contributed by atoms with Crippen molar-refractivity contribution in [2.45, 2.75) is 6.42 Å². The maximum Gasteiger partial charge on any atom is 0.335 e. The third kappa shape index (κ3) is 2.36. The average molecular weight is 303 g/mol. The zero-order chi connectivity index (χ0) is 15.0. The van der Waals surface area contributed by atoms with E-state index in [0.29, 0.717) is 24.2 Å². The van der Waals surface area contributed by atoms with Crippen LogP contribution in [0.25, 0.3) is 0 Å². The van der Waals surface area contributed by atoms with Crippen molar-refractivity contribution in [2.24, 2.45) is 0 Å². The second-order valence-electron chi connectivity index (χ2n) is 4.71. The molecule has 3 rings (SSSR count). The van der Waals surface area contributed by atoms with Gasteiger partial charge in [0.15, 0.2) is 0 Å². The molecule has 106 valence electrons. The Morgan fingerprint density at radius 1 is 1.29 bits per heavy atom. The summed E-state index contributed by atoms with van der Waals surface area (Å²) in [4.78, 5) is 29.1. The number of anilines is 1. The Morgan fingerprint density at radius 3 is 2.81 bits per heavy atom. The first kappa shape index (κ1) is 13.6. The first-order chi connectivity index (χ1) is 10.1. The van der Waals surface area contributed by atoms with Gasteiger partial charge in [0.05, 0.1) is 16.1 Å². The number of carbonyl (C=O) groups excluding carboxylic acids is 1. The predicted octanol–water partition coefficient (Wildman–Crippen LogP) is 2.64. The summed E-state index contributed by atoms with van der Waals surface area (Å²) in [6, 6.07) is 6.39. The van der Waals surface area contributed by atoms with Gasteiger partial charge in [-0.3, -0.25) is 9.78 Å². The minimum atomic E-state index is -1.01. The number of halogens is 1. The van der Waals surface area contributed by atoms with E-state index in [1.165, 1.54) is 18.5 Å². The number of nitrogens with zero attached hydrogens (tertiary/aromatic N) is 2. The van der Waals surface area contributed by atoms with Crippen LogP contribution in [0.4, 0.5) is 5.69 Å². The molecular weight excluding hydrogens is 292 g/mol. The summed E-state index contributed by atoms with van der Waals surface area (Å²) in [5.74, 6) is -1.26. The fourth-order valence-corrected chi connectivity index (χ4v) is 2.62. The summed E-state index contributed by atoms with van der Waals surface area (Å²) in [6.45, 7) is 0.510. The molecule has 1 amide bonds. The average Bonchev–Trinajstić information content (AvgIpc) is 2.90. The van der Waals surface area contributed by atoms with Crippen LogP contribution in [0.3, 0.4) is 0 Å². The van der Waals surface area contributed by atoms with Gasteiger partial charge in [-0.2, -0.15) is 0 Å². The summed E-state index contributed by atoms with van der Waals surface area (Å²) in [7, 11) is 0. The van der Waals surface area contributed by atoms with Crippen molar-refractivity contribution >= 4 is 29.2 Å². The van der Waals surface area contributed by atoms with Crippen LogP contribution in [-0.4, -0.2) is 28.5 Å². The van der Waals surface area contributed by atoms with E-state index in [1.807, 2.05) is 0 Å². The maximum atomic E-state index is 12.6. The van der Waals surface area contributed by atoms with E-state index < -0.39 is 5.97 Å². The van der Waals surface area contributed by atoms with Crippen LogP contribution in [0.1, 0.15) is 26.3 Å². The molecule has 0 spiro atoms. The van der Waals surface area contributed by atoms with Crippen LogP contribution < -0.4 is 4.90 Å². The standard InChI is InChI=1S/C15H11ClN2O3/c16-12-8-17-5-3-11(12)14(19)18-6-4-9-1-2-10(15(20)21)7-13(9)18/h1-3,5,7-8H,4,6H2,(H,20,21). The summed E-state index contributed by atoms with van der Waals surface area (Å²) >= 11 is 6.00. The summed E-state index contributed by atoms with van der Waals surface area (Å²) < 4.78 is 0. The lowest BCUT2D eigenvalue weighted by Crippen LogP contribution is -2.29. The topological polar surface area (TPSA) is 70.5 Å². The number of benzene rings is 1. The highest BCUT2D eigenvalue weighted by Crippen LogP contribution is 2.31. The fraction of sp³-hybridized carbons (Fsp3) is 0.133. The van der Waals surface area contributed by atoms with E-state index in [1.54, 1.807) is 23.1 Å². The summed E-state index contributed by atoms with van der Waals surface area (Å²) in [5.41, 5.74) is 2.11. The molecule has 1 aromatic carbocycles. The second-order valence-corrected chi connectivity index (χ2v) is 5.12. The molecule has 0 unspecified atom stereocenters. The SMILES string of the molecule is O=C(O)c1ccc2c(c1)N(C(=O)c1ccncc1Cl)CC2. The first-order valence-electron chi connectivity index (χ1n) is 6.35. The van der Waals surface area contributed by atoms with Gasteiger partial charge in [-0.1, -0.05) is 17.7 Å². The quantitative estimate of drug-likeness (QED) is 0.926. The van der Waals surface area contributed by atoms with Crippen LogP contribution in [-0.2, 0) is 6.42 Å². The molecule has 1 N–H and O–H groups in total. The van der Waals surface area contributed by atoms with Crippen molar-refractivity contribution in [1.29, 1.82) is 0 Å². The third-order valence-corrected chi connectivity index (χ3v) is 3.78. The molecule has 0 atom stereocenters. The summed E-state index contributed by atoms with van der Waals surface area (Å²) in [5, 5.41) is 9.35. The number of rotatable bonds is 2. The number of amides is 1. The molecule has 0 aliphatic carbocycles. The van der Waals surface area contributed by atoms with Crippen LogP contribution in [0.5, 0.6) is 0 Å². The molecule has 21 heavy (non-hydrogen) atoms. The lowest BCUT2D eigenvalue weighted by atomic mass is 10.1. The fourth-order valence-electron chi connectivity index (χ4n) is 2.42. The Labute approximate surface area is 125 Å². The molecular formula is C15H11ClN2O3. The number of carboxylic acid groups (broad SMARTS) is 1. The third-order valence-electron chi connectivity index (χ3n) is 3.48. The van der Waals surface area contributed by atoms with Gasteiger partial charge in [0, 0.05) is 24.6 Å². The Morgan fingerprint density at radius 2 is 2.10 bits per heavy atom. The van der Waals surface area contributed by atoms with Crippen LogP contribution in [0.15, 0.2) is 36.7 Å². The number of fused-ring (bicyclic) bond motifs is 1. The highest BCUT2D eigenvalue weighted by atomic mass is 35.5. The number of carboxylic acids is 1. The van der Waals surface area contributed by atoms with Crippen LogP contribution in [0.2, 0.25) is 5.02 Å². The highest BCUT2D eigenvalue weighted by Gasteiger charge is 2.27. The molecule has 2 heterocycles. The zero-order valence-electron chi connectivity index (χ0n) is 10.9. The smallest absolute Gasteiger partial charge is 0.335 e. The molecule has 0 fully saturated rings. The van der Waals surface area contributed by atoms with Crippen molar-refractivity contribution in [2.75, 3.05) is 11.4 Å². The largest absolute Gasteiger partial charge is 0.478 e. The van der Waals surface area contributed by atoms with Gasteiger partial charge in [0.25, 0.3) is 5.91 Å². The van der Waals surface area contributed by atoms with Crippen LogP contribution in [0, 0.1) is 0 Å².